The third-order valence-electron chi connectivity index (χ3n) is 2.53. The van der Waals surface area contributed by atoms with Gasteiger partial charge in [0.05, 0.1) is 12.2 Å². The van der Waals surface area contributed by atoms with E-state index in [4.69, 9.17) is 39.0 Å². The van der Waals surface area contributed by atoms with Gasteiger partial charge in [0.15, 0.2) is 0 Å². The Morgan fingerprint density at radius 2 is 2.05 bits per heavy atom. The molecule has 19 heavy (non-hydrogen) atoms. The highest BCUT2D eigenvalue weighted by Crippen LogP contribution is 2.23. The highest BCUT2D eigenvalue weighted by Gasteiger charge is 2.07. The molecule has 3 nitrogen and oxygen atoms in total. The molecule has 0 amide bonds. The highest BCUT2D eigenvalue weighted by atomic mass is 35.5. The second kappa shape index (κ2) is 8.35. The smallest absolute Gasteiger partial charge is 0.131 e. The lowest BCUT2D eigenvalue weighted by Crippen LogP contribution is -2.14. The molecule has 0 radical (unpaired) electrons. The SMILES string of the molecule is CC(C)CCOCCOc1cc(Cl)ccc1C(N)=S. The second-order valence-corrected chi connectivity index (χ2v) is 5.52. The topological polar surface area (TPSA) is 44.5 Å². The van der Waals surface area contributed by atoms with E-state index in [1.807, 2.05) is 0 Å². The van der Waals surface area contributed by atoms with Crippen LogP contribution in [0.2, 0.25) is 5.02 Å². The van der Waals surface area contributed by atoms with E-state index in [1.165, 1.54) is 0 Å². The van der Waals surface area contributed by atoms with Crippen LogP contribution in [0.5, 0.6) is 5.75 Å². The molecular weight excluding hydrogens is 282 g/mol. The van der Waals surface area contributed by atoms with Crippen LogP contribution in [0.15, 0.2) is 18.2 Å². The number of hydrogen-bond acceptors (Lipinski definition) is 3. The van der Waals surface area contributed by atoms with Crippen LogP contribution < -0.4 is 10.5 Å². The van der Waals surface area contributed by atoms with Crippen molar-refractivity contribution in [3.8, 4) is 5.75 Å². The van der Waals surface area contributed by atoms with Gasteiger partial charge in [-0.15, -0.1) is 0 Å². The molecule has 5 heteroatoms. The van der Waals surface area contributed by atoms with E-state index in [-0.39, 0.29) is 0 Å². The number of nitrogens with two attached hydrogens (primary N) is 1. The minimum Gasteiger partial charge on any atom is -0.490 e. The van der Waals surface area contributed by atoms with Gasteiger partial charge in [-0.1, -0.05) is 37.7 Å². The zero-order valence-corrected chi connectivity index (χ0v) is 12.9. The summed E-state index contributed by atoms with van der Waals surface area (Å²) in [5.74, 6) is 1.25. The number of benzene rings is 1. The van der Waals surface area contributed by atoms with Crippen LogP contribution >= 0.6 is 23.8 Å². The Morgan fingerprint density at radius 3 is 2.68 bits per heavy atom. The summed E-state index contributed by atoms with van der Waals surface area (Å²) in [6, 6.07) is 5.21. The van der Waals surface area contributed by atoms with Gasteiger partial charge in [0, 0.05) is 11.6 Å². The van der Waals surface area contributed by atoms with Crippen LogP contribution in [0.3, 0.4) is 0 Å². The van der Waals surface area contributed by atoms with E-state index in [9.17, 15) is 0 Å². The summed E-state index contributed by atoms with van der Waals surface area (Å²) in [7, 11) is 0. The Hall–Kier alpha value is -0.840. The van der Waals surface area contributed by atoms with Gasteiger partial charge < -0.3 is 15.2 Å². The molecule has 0 spiro atoms. The Balaban J connectivity index is 2.40. The molecule has 1 rings (SSSR count). The van der Waals surface area contributed by atoms with Crippen molar-refractivity contribution >= 4 is 28.8 Å². The Kier molecular flexibility index (Phi) is 7.13. The van der Waals surface area contributed by atoms with Crippen molar-refractivity contribution < 1.29 is 9.47 Å². The monoisotopic (exact) mass is 301 g/mol. The first kappa shape index (κ1) is 16.2. The number of halogens is 1. The van der Waals surface area contributed by atoms with Crippen LogP contribution in [-0.2, 0) is 4.74 Å². The summed E-state index contributed by atoms with van der Waals surface area (Å²) in [6.45, 7) is 6.07. The third kappa shape index (κ3) is 6.23. The molecule has 0 bridgehead atoms. The quantitative estimate of drug-likeness (QED) is 0.590. The van der Waals surface area contributed by atoms with Gasteiger partial charge in [0.2, 0.25) is 0 Å². The molecule has 2 N–H and O–H groups in total. The minimum absolute atomic E-state index is 0.299. The van der Waals surface area contributed by atoms with Gasteiger partial charge in [-0.2, -0.15) is 0 Å². The fourth-order valence-electron chi connectivity index (χ4n) is 1.45. The number of ether oxygens (including phenoxy) is 2. The zero-order chi connectivity index (χ0) is 14.3. The average molecular weight is 302 g/mol. The molecule has 0 unspecified atom stereocenters. The van der Waals surface area contributed by atoms with E-state index in [0.717, 1.165) is 13.0 Å². The molecule has 0 aliphatic rings. The maximum absolute atomic E-state index is 5.92. The molecule has 106 valence electrons. The van der Waals surface area contributed by atoms with Gasteiger partial charge in [0.25, 0.3) is 0 Å². The van der Waals surface area contributed by atoms with Crippen molar-refractivity contribution in [1.29, 1.82) is 0 Å². The Morgan fingerprint density at radius 1 is 1.32 bits per heavy atom. The van der Waals surface area contributed by atoms with Gasteiger partial charge in [-0.25, -0.2) is 0 Å². The first-order chi connectivity index (χ1) is 9.00. The highest BCUT2D eigenvalue weighted by molar-refractivity contribution is 7.80. The lowest BCUT2D eigenvalue weighted by Gasteiger charge is -2.11. The molecule has 0 aliphatic carbocycles. The van der Waals surface area contributed by atoms with Crippen molar-refractivity contribution in [2.45, 2.75) is 20.3 Å². The fraction of sp³-hybridized carbons (Fsp3) is 0.500. The first-order valence-electron chi connectivity index (χ1n) is 6.30. The number of rotatable bonds is 8. The average Bonchev–Trinajstić information content (AvgIpc) is 2.33. The van der Waals surface area contributed by atoms with E-state index >= 15 is 0 Å². The summed E-state index contributed by atoms with van der Waals surface area (Å²) < 4.78 is 11.1. The maximum atomic E-state index is 5.92. The third-order valence-corrected chi connectivity index (χ3v) is 2.99. The Labute approximate surface area is 125 Å². The molecule has 0 heterocycles. The zero-order valence-electron chi connectivity index (χ0n) is 11.3. The molecular formula is C14H20ClNO2S. The van der Waals surface area contributed by atoms with Gasteiger partial charge in [-0.05, 0) is 30.5 Å². The second-order valence-electron chi connectivity index (χ2n) is 4.65. The van der Waals surface area contributed by atoms with Crippen molar-refractivity contribution in [3.63, 3.8) is 0 Å². The summed E-state index contributed by atoms with van der Waals surface area (Å²) in [6.07, 6.45) is 1.05. The van der Waals surface area contributed by atoms with E-state index in [2.05, 4.69) is 13.8 Å². The van der Waals surface area contributed by atoms with Crippen LogP contribution in [0.1, 0.15) is 25.8 Å². The molecule has 1 aromatic rings. The van der Waals surface area contributed by atoms with Crippen molar-refractivity contribution in [1.82, 2.24) is 0 Å². The minimum atomic E-state index is 0.299. The van der Waals surface area contributed by atoms with Crippen LogP contribution in [0, 0.1) is 5.92 Å². The molecule has 0 aliphatic heterocycles. The van der Waals surface area contributed by atoms with Crippen LogP contribution in [-0.4, -0.2) is 24.8 Å². The number of thiocarbonyl (C=S) groups is 1. The van der Waals surface area contributed by atoms with Gasteiger partial charge in [-0.3, -0.25) is 0 Å². The molecule has 0 saturated carbocycles. The molecule has 0 aromatic heterocycles. The largest absolute Gasteiger partial charge is 0.490 e. The number of hydrogen-bond donors (Lipinski definition) is 1. The normalized spacial score (nSPS) is 10.7. The van der Waals surface area contributed by atoms with E-state index < -0.39 is 0 Å². The molecule has 0 atom stereocenters. The summed E-state index contributed by atoms with van der Waals surface area (Å²) >= 11 is 10.9. The van der Waals surface area contributed by atoms with Crippen molar-refractivity contribution in [3.05, 3.63) is 28.8 Å². The lowest BCUT2D eigenvalue weighted by atomic mass is 10.1. The lowest BCUT2D eigenvalue weighted by molar-refractivity contribution is 0.0925. The van der Waals surface area contributed by atoms with Gasteiger partial charge in [0.1, 0.15) is 17.3 Å². The molecule has 0 saturated heterocycles. The maximum Gasteiger partial charge on any atom is 0.131 e. The summed E-state index contributed by atoms with van der Waals surface area (Å²) in [5.41, 5.74) is 6.32. The Bertz CT molecular complexity index is 424. The van der Waals surface area contributed by atoms with Gasteiger partial charge >= 0.3 is 0 Å². The molecule has 1 aromatic carbocycles. The van der Waals surface area contributed by atoms with Crippen molar-refractivity contribution in [2.24, 2.45) is 11.7 Å². The van der Waals surface area contributed by atoms with Crippen molar-refractivity contribution in [2.75, 3.05) is 19.8 Å². The predicted octanol–water partition coefficient (Wildman–Crippen LogP) is 3.42. The molecule has 0 fully saturated rings. The fourth-order valence-corrected chi connectivity index (χ4v) is 1.78. The summed E-state index contributed by atoms with van der Waals surface area (Å²) in [4.78, 5) is 0.299. The van der Waals surface area contributed by atoms with Crippen LogP contribution in [0.4, 0.5) is 0 Å². The van der Waals surface area contributed by atoms with Crippen LogP contribution in [0.25, 0.3) is 0 Å². The van der Waals surface area contributed by atoms with E-state index in [0.29, 0.717) is 40.5 Å². The van der Waals surface area contributed by atoms with E-state index in [1.54, 1.807) is 18.2 Å². The standard InChI is InChI=1S/C14H20ClNO2S/c1-10(2)5-6-17-7-8-18-13-9-11(15)3-4-12(13)14(16)19/h3-4,9-10H,5-8H2,1-2H3,(H2,16,19). The predicted molar refractivity (Wildman–Crippen MR) is 83.1 cm³/mol. The summed E-state index contributed by atoms with van der Waals surface area (Å²) in [5, 5.41) is 0.593. The first-order valence-corrected chi connectivity index (χ1v) is 7.09.